The minimum Gasteiger partial charge on any atom is -0.543 e. The molecule has 4 rings (SSSR count). The number of rotatable bonds is 13. The number of ether oxygens (including phenoxy) is 1. The molecule has 0 unspecified atom stereocenters. The Balaban J connectivity index is 1.55. The van der Waals surface area contributed by atoms with Crippen LogP contribution in [0.2, 0.25) is 18.1 Å². The molecule has 2 aromatic carbocycles. The van der Waals surface area contributed by atoms with Gasteiger partial charge in [-0.05, 0) is 59.9 Å². The van der Waals surface area contributed by atoms with Crippen molar-refractivity contribution in [3.8, 4) is 17.1 Å². The van der Waals surface area contributed by atoms with E-state index >= 15 is 0 Å². The summed E-state index contributed by atoms with van der Waals surface area (Å²) in [6.07, 6.45) is 2.93. The summed E-state index contributed by atoms with van der Waals surface area (Å²) in [5.74, 6) is 1.31. The zero-order chi connectivity index (χ0) is 31.0. The Hall–Kier alpha value is -3.34. The Labute approximate surface area is 258 Å². The lowest BCUT2D eigenvalue weighted by atomic mass is 9.95. The first-order valence-electron chi connectivity index (χ1n) is 15.4. The predicted octanol–water partition coefficient (Wildman–Crippen LogP) is 5.96. The Morgan fingerprint density at radius 1 is 1.07 bits per heavy atom. The Bertz CT molecular complexity index is 1340. The molecule has 2 heterocycles. The second kappa shape index (κ2) is 14.4. The van der Waals surface area contributed by atoms with Crippen LogP contribution in [0.1, 0.15) is 57.7 Å². The Morgan fingerprint density at radius 3 is 2.44 bits per heavy atom. The number of aromatic nitrogens is 4. The van der Waals surface area contributed by atoms with E-state index in [4.69, 9.17) is 9.16 Å². The molecule has 1 fully saturated rings. The van der Waals surface area contributed by atoms with Crippen LogP contribution in [0.4, 0.5) is 0 Å². The third kappa shape index (κ3) is 8.61. The number of hydrogen-bond donors (Lipinski definition) is 0. The molecule has 1 aliphatic heterocycles. The van der Waals surface area contributed by atoms with Gasteiger partial charge in [0.2, 0.25) is 14.1 Å². The molecule has 0 amide bonds. The van der Waals surface area contributed by atoms with Gasteiger partial charge in [0.1, 0.15) is 5.75 Å². The molecule has 43 heavy (non-hydrogen) atoms. The van der Waals surface area contributed by atoms with E-state index in [1.54, 1.807) is 4.80 Å². The average Bonchev–Trinajstić information content (AvgIpc) is 3.43. The minimum atomic E-state index is -1.98. The van der Waals surface area contributed by atoms with Crippen molar-refractivity contribution in [3.63, 3.8) is 0 Å². The first-order valence-corrected chi connectivity index (χ1v) is 18.3. The third-order valence-electron chi connectivity index (χ3n) is 8.49. The number of piperazine rings is 1. The number of hydrogen-bond acceptors (Lipinski definition) is 8. The van der Waals surface area contributed by atoms with Gasteiger partial charge in [0.25, 0.3) is 0 Å². The molecule has 10 heteroatoms. The van der Waals surface area contributed by atoms with E-state index in [0.29, 0.717) is 31.8 Å². The van der Waals surface area contributed by atoms with E-state index in [-0.39, 0.29) is 17.0 Å². The maximum absolute atomic E-state index is 11.6. The van der Waals surface area contributed by atoms with Crippen molar-refractivity contribution < 1.29 is 14.0 Å². The van der Waals surface area contributed by atoms with Crippen LogP contribution >= 0.6 is 0 Å². The summed E-state index contributed by atoms with van der Waals surface area (Å²) in [4.78, 5) is 18.2. The van der Waals surface area contributed by atoms with Crippen molar-refractivity contribution in [3.05, 3.63) is 72.3 Å². The second-order valence-electron chi connectivity index (χ2n) is 12.7. The van der Waals surface area contributed by atoms with Crippen molar-refractivity contribution in [1.29, 1.82) is 0 Å². The summed E-state index contributed by atoms with van der Waals surface area (Å²) in [7, 11) is -1.98. The van der Waals surface area contributed by atoms with Crippen molar-refractivity contribution in [2.75, 3.05) is 39.3 Å². The molecule has 0 bridgehead atoms. The standard InChI is InChI=1S/C33H48N6O3Si/c1-8-19-37-21-23-38(24-22-37)31(28-12-10-13-29(25-28)42-43(6,7)33(3,4)5)26-15-17-27(18-16-26)32-34-36-39(35-32)20-11-14-30(40)41-9-2/h8,10,12-13,15-18,25,31H,1,9,11,14,19-24H2,2-7H3/t31-/m1/s1. The quantitative estimate of drug-likeness (QED) is 0.134. The number of esters is 1. The van der Waals surface area contributed by atoms with Gasteiger partial charge in [-0.15, -0.1) is 16.8 Å². The zero-order valence-corrected chi connectivity index (χ0v) is 27.8. The van der Waals surface area contributed by atoms with Gasteiger partial charge in [0.05, 0.1) is 19.2 Å². The van der Waals surface area contributed by atoms with Crippen LogP contribution in [-0.2, 0) is 16.1 Å². The SMILES string of the molecule is C=CCN1CCN([C@H](c2ccc(-c3nnn(CCCC(=O)OCC)n3)cc2)c2cccc(O[Si](C)(C)C(C)(C)C)c2)CC1. The first-order chi connectivity index (χ1) is 20.5. The van der Waals surface area contributed by atoms with E-state index in [2.05, 4.69) is 114 Å². The number of aryl methyl sites for hydroxylation is 1. The van der Waals surface area contributed by atoms with Gasteiger partial charge in [-0.25, -0.2) is 0 Å². The van der Waals surface area contributed by atoms with Crippen LogP contribution in [0, 0.1) is 0 Å². The number of carbonyl (C=O) groups excluding carboxylic acids is 1. The van der Waals surface area contributed by atoms with E-state index in [1.165, 1.54) is 11.1 Å². The van der Waals surface area contributed by atoms with E-state index < -0.39 is 8.32 Å². The molecular weight excluding hydrogens is 556 g/mol. The molecule has 9 nitrogen and oxygen atoms in total. The van der Waals surface area contributed by atoms with Gasteiger partial charge in [0, 0.05) is 44.7 Å². The predicted molar refractivity (Wildman–Crippen MR) is 173 cm³/mol. The topological polar surface area (TPSA) is 85.6 Å². The summed E-state index contributed by atoms with van der Waals surface area (Å²) in [5.41, 5.74) is 3.35. The molecule has 3 aromatic rings. The van der Waals surface area contributed by atoms with Crippen LogP contribution in [0.15, 0.2) is 61.2 Å². The van der Waals surface area contributed by atoms with Crippen LogP contribution in [0.5, 0.6) is 5.75 Å². The average molecular weight is 605 g/mol. The molecule has 1 aliphatic rings. The second-order valence-corrected chi connectivity index (χ2v) is 17.4. The van der Waals surface area contributed by atoms with Crippen LogP contribution in [0.3, 0.4) is 0 Å². The van der Waals surface area contributed by atoms with Crippen molar-refractivity contribution in [2.24, 2.45) is 0 Å². The van der Waals surface area contributed by atoms with Crippen molar-refractivity contribution in [1.82, 2.24) is 30.0 Å². The van der Waals surface area contributed by atoms with E-state index in [9.17, 15) is 4.79 Å². The fourth-order valence-corrected chi connectivity index (χ4v) is 6.08. The monoisotopic (exact) mass is 604 g/mol. The molecule has 0 aliphatic carbocycles. The fourth-order valence-electron chi connectivity index (χ4n) is 5.06. The summed E-state index contributed by atoms with van der Waals surface area (Å²) < 4.78 is 11.7. The molecule has 1 atom stereocenters. The summed E-state index contributed by atoms with van der Waals surface area (Å²) in [6, 6.07) is 17.3. The lowest BCUT2D eigenvalue weighted by Crippen LogP contribution is -2.47. The van der Waals surface area contributed by atoms with E-state index in [1.807, 2.05) is 13.0 Å². The van der Waals surface area contributed by atoms with Crippen LogP contribution < -0.4 is 4.43 Å². The lowest BCUT2D eigenvalue weighted by molar-refractivity contribution is -0.143. The first kappa shape index (κ1) is 32.6. The van der Waals surface area contributed by atoms with Gasteiger partial charge in [-0.1, -0.05) is 63.2 Å². The fraction of sp³-hybridized carbons (Fsp3) is 0.515. The van der Waals surface area contributed by atoms with Gasteiger partial charge in [0.15, 0.2) is 0 Å². The Kier molecular flexibility index (Phi) is 10.9. The maximum Gasteiger partial charge on any atom is 0.305 e. The minimum absolute atomic E-state index is 0.0921. The highest BCUT2D eigenvalue weighted by molar-refractivity contribution is 6.74. The van der Waals surface area contributed by atoms with Crippen molar-refractivity contribution in [2.45, 2.75) is 71.3 Å². The lowest BCUT2D eigenvalue weighted by Gasteiger charge is -2.40. The largest absolute Gasteiger partial charge is 0.543 e. The van der Waals surface area contributed by atoms with Crippen molar-refractivity contribution >= 4 is 14.3 Å². The summed E-state index contributed by atoms with van der Waals surface area (Å²) >= 11 is 0. The molecule has 0 saturated carbocycles. The molecule has 0 spiro atoms. The number of carbonyl (C=O) groups is 1. The molecule has 0 N–H and O–H groups in total. The molecular formula is C33H48N6O3Si. The highest BCUT2D eigenvalue weighted by Crippen LogP contribution is 2.39. The normalized spacial score (nSPS) is 15.7. The number of tetrazole rings is 1. The summed E-state index contributed by atoms with van der Waals surface area (Å²) in [5, 5.41) is 13.1. The van der Waals surface area contributed by atoms with Crippen LogP contribution in [0.25, 0.3) is 11.4 Å². The molecule has 1 aromatic heterocycles. The van der Waals surface area contributed by atoms with E-state index in [0.717, 1.165) is 44.0 Å². The highest BCUT2D eigenvalue weighted by atomic mass is 28.4. The van der Waals surface area contributed by atoms with Gasteiger partial charge in [-0.2, -0.15) is 4.80 Å². The van der Waals surface area contributed by atoms with Crippen LogP contribution in [-0.4, -0.2) is 83.6 Å². The Morgan fingerprint density at radius 2 is 1.79 bits per heavy atom. The molecule has 0 radical (unpaired) electrons. The van der Waals surface area contributed by atoms with Gasteiger partial charge in [-0.3, -0.25) is 14.6 Å². The molecule has 232 valence electrons. The number of benzene rings is 2. The maximum atomic E-state index is 11.6. The van der Waals surface area contributed by atoms with Gasteiger partial charge >= 0.3 is 5.97 Å². The highest BCUT2D eigenvalue weighted by Gasteiger charge is 2.39. The third-order valence-corrected chi connectivity index (χ3v) is 12.9. The smallest absolute Gasteiger partial charge is 0.305 e. The summed E-state index contributed by atoms with van der Waals surface area (Å²) in [6.45, 7) is 22.9. The zero-order valence-electron chi connectivity index (χ0n) is 26.8. The number of nitrogens with zero attached hydrogens (tertiary/aromatic N) is 6. The molecule has 1 saturated heterocycles. The van der Waals surface area contributed by atoms with Gasteiger partial charge < -0.3 is 9.16 Å².